The molecule has 4 rings (SSSR count). The monoisotopic (exact) mass is 350 g/mol. The number of benzene rings is 1. The largest absolute Gasteiger partial charge is 0.344 e. The third-order valence-electron chi connectivity index (χ3n) is 4.58. The first-order valence-corrected chi connectivity index (χ1v) is 8.95. The van der Waals surface area contributed by atoms with Crippen molar-refractivity contribution < 1.29 is 4.52 Å². The molecule has 0 unspecified atom stereocenters. The highest BCUT2D eigenvalue weighted by atomic mass is 16.5. The molecule has 0 amide bonds. The van der Waals surface area contributed by atoms with E-state index in [1.807, 2.05) is 43.3 Å². The average molecular weight is 350 g/mol. The van der Waals surface area contributed by atoms with Gasteiger partial charge in [0.2, 0.25) is 11.7 Å². The third kappa shape index (κ3) is 3.30. The Morgan fingerprint density at radius 3 is 2.85 bits per heavy atom. The lowest BCUT2D eigenvalue weighted by molar-refractivity contribution is 0.354. The van der Waals surface area contributed by atoms with E-state index in [0.717, 1.165) is 48.7 Å². The van der Waals surface area contributed by atoms with Crippen molar-refractivity contribution in [1.29, 1.82) is 0 Å². The molecule has 0 radical (unpaired) electrons. The molecule has 0 saturated carbocycles. The molecule has 3 heterocycles. The quantitative estimate of drug-likeness (QED) is 0.756. The van der Waals surface area contributed by atoms with Crippen LogP contribution in [-0.4, -0.2) is 33.2 Å². The fourth-order valence-corrected chi connectivity index (χ4v) is 3.41. The molecule has 1 saturated heterocycles. The molecular weight excluding hydrogens is 328 g/mol. The maximum atomic E-state index is 5.68. The van der Waals surface area contributed by atoms with E-state index in [4.69, 9.17) is 10.3 Å². The number of aromatic nitrogens is 4. The van der Waals surface area contributed by atoms with E-state index in [1.165, 1.54) is 0 Å². The van der Waals surface area contributed by atoms with E-state index < -0.39 is 0 Å². The average Bonchev–Trinajstić information content (AvgIpc) is 3.31. The van der Waals surface area contributed by atoms with Crippen molar-refractivity contribution in [2.75, 3.05) is 18.0 Å². The minimum absolute atomic E-state index is 0.0417. The summed E-state index contributed by atoms with van der Waals surface area (Å²) in [5.74, 6) is 2.92. The van der Waals surface area contributed by atoms with Gasteiger partial charge in [0.15, 0.2) is 0 Å². The number of aryl methyl sites for hydroxylation is 1. The van der Waals surface area contributed by atoms with Gasteiger partial charge in [0.05, 0.1) is 0 Å². The zero-order valence-electron chi connectivity index (χ0n) is 14.8. The summed E-state index contributed by atoms with van der Waals surface area (Å²) < 4.78 is 5.60. The lowest BCUT2D eigenvalue weighted by Crippen LogP contribution is -2.24. The fourth-order valence-electron chi connectivity index (χ4n) is 3.41. The first-order valence-electron chi connectivity index (χ1n) is 8.95. The summed E-state index contributed by atoms with van der Waals surface area (Å²) in [4.78, 5) is 16.0. The number of nitrogens with zero attached hydrogens (tertiary/aromatic N) is 5. The van der Waals surface area contributed by atoms with E-state index in [2.05, 4.69) is 25.0 Å². The second kappa shape index (κ2) is 7.21. The molecule has 3 aromatic rings. The van der Waals surface area contributed by atoms with Crippen molar-refractivity contribution in [1.82, 2.24) is 20.1 Å². The Kier molecular flexibility index (Phi) is 4.62. The topological polar surface area (TPSA) is 94.0 Å². The molecule has 1 atom stereocenters. The van der Waals surface area contributed by atoms with Crippen molar-refractivity contribution in [2.45, 2.75) is 32.2 Å². The zero-order valence-corrected chi connectivity index (χ0v) is 14.8. The Morgan fingerprint density at radius 1 is 1.19 bits per heavy atom. The van der Waals surface area contributed by atoms with Crippen LogP contribution in [0.25, 0.3) is 11.4 Å². The summed E-state index contributed by atoms with van der Waals surface area (Å²) in [5, 5.41) is 4.16. The van der Waals surface area contributed by atoms with E-state index in [0.29, 0.717) is 18.3 Å². The first kappa shape index (κ1) is 16.7. The highest BCUT2D eigenvalue weighted by Crippen LogP contribution is 2.35. The van der Waals surface area contributed by atoms with E-state index >= 15 is 0 Å². The van der Waals surface area contributed by atoms with Gasteiger partial charge >= 0.3 is 0 Å². The van der Waals surface area contributed by atoms with Crippen molar-refractivity contribution in [2.24, 2.45) is 5.73 Å². The molecule has 1 fully saturated rings. The van der Waals surface area contributed by atoms with E-state index in [1.54, 1.807) is 0 Å². The van der Waals surface area contributed by atoms with Crippen LogP contribution in [-0.2, 0) is 6.42 Å². The third-order valence-corrected chi connectivity index (χ3v) is 4.58. The smallest absolute Gasteiger partial charge is 0.249 e. The van der Waals surface area contributed by atoms with Crippen molar-refractivity contribution in [3.05, 3.63) is 53.8 Å². The molecule has 0 bridgehead atoms. The van der Waals surface area contributed by atoms with Gasteiger partial charge < -0.3 is 15.2 Å². The lowest BCUT2D eigenvalue weighted by atomic mass is 10.2. The number of rotatable bonds is 5. The Hall–Kier alpha value is -2.80. The van der Waals surface area contributed by atoms with Crippen molar-refractivity contribution in [3.63, 3.8) is 0 Å². The van der Waals surface area contributed by atoms with E-state index in [9.17, 15) is 0 Å². The zero-order chi connectivity index (χ0) is 17.9. The second-order valence-electron chi connectivity index (χ2n) is 6.48. The highest BCUT2D eigenvalue weighted by molar-refractivity contribution is 5.54. The number of hydrogen-bond donors (Lipinski definition) is 1. The Bertz CT molecular complexity index is 879. The van der Waals surface area contributed by atoms with Crippen LogP contribution in [0.1, 0.15) is 36.3 Å². The van der Waals surface area contributed by atoms with Gasteiger partial charge in [-0.2, -0.15) is 4.98 Å². The minimum atomic E-state index is 0.0417. The minimum Gasteiger partial charge on any atom is -0.344 e. The van der Waals surface area contributed by atoms with Crippen molar-refractivity contribution >= 4 is 5.82 Å². The van der Waals surface area contributed by atoms with Gasteiger partial charge in [0.25, 0.3) is 0 Å². The maximum Gasteiger partial charge on any atom is 0.249 e. The van der Waals surface area contributed by atoms with Crippen LogP contribution in [0.4, 0.5) is 5.82 Å². The Balaban J connectivity index is 1.62. The number of nitrogens with two attached hydrogens (primary N) is 1. The van der Waals surface area contributed by atoms with Crippen LogP contribution in [0.15, 0.2) is 40.9 Å². The summed E-state index contributed by atoms with van der Waals surface area (Å²) in [6.45, 7) is 3.39. The van der Waals surface area contributed by atoms with Gasteiger partial charge in [-0.15, -0.1) is 0 Å². The maximum absolute atomic E-state index is 5.68. The molecule has 2 aromatic heterocycles. The molecule has 1 aromatic carbocycles. The summed E-state index contributed by atoms with van der Waals surface area (Å²) >= 11 is 0. The normalized spacial score (nSPS) is 17.0. The highest BCUT2D eigenvalue weighted by Gasteiger charge is 2.32. The summed E-state index contributed by atoms with van der Waals surface area (Å²) in [6.07, 6.45) is 2.77. The Morgan fingerprint density at radius 2 is 2.04 bits per heavy atom. The van der Waals surface area contributed by atoms with Gasteiger partial charge in [-0.1, -0.05) is 35.5 Å². The van der Waals surface area contributed by atoms with Crippen LogP contribution in [0.3, 0.4) is 0 Å². The van der Waals surface area contributed by atoms with Gasteiger partial charge in [-0.25, -0.2) is 9.97 Å². The first-order chi connectivity index (χ1) is 12.7. The van der Waals surface area contributed by atoms with Gasteiger partial charge in [-0.05, 0) is 26.3 Å². The summed E-state index contributed by atoms with van der Waals surface area (Å²) in [5.41, 5.74) is 7.61. The predicted octanol–water partition coefficient (Wildman–Crippen LogP) is 2.68. The van der Waals surface area contributed by atoms with Crippen LogP contribution >= 0.6 is 0 Å². The standard InChI is InChI=1S/C19H22N6O/c1-13-21-15(9-10-20)12-17(22-13)25-11-5-8-16(25)19-23-18(24-26-19)14-6-3-2-4-7-14/h2-4,6-7,12,16H,5,8-11,20H2,1H3/t16-/m1/s1. The number of anilines is 1. The fraction of sp³-hybridized carbons (Fsp3) is 0.368. The van der Waals surface area contributed by atoms with E-state index in [-0.39, 0.29) is 6.04 Å². The number of hydrogen-bond acceptors (Lipinski definition) is 7. The lowest BCUT2D eigenvalue weighted by Gasteiger charge is -2.23. The van der Waals surface area contributed by atoms with Gasteiger partial charge in [0.1, 0.15) is 17.7 Å². The molecule has 2 N–H and O–H groups in total. The molecule has 26 heavy (non-hydrogen) atoms. The van der Waals surface area contributed by atoms with Crippen LogP contribution in [0, 0.1) is 6.92 Å². The SMILES string of the molecule is Cc1nc(CCN)cc(N2CCC[C@@H]2c2nc(-c3ccccc3)no2)n1. The predicted molar refractivity (Wildman–Crippen MR) is 98.6 cm³/mol. The molecular formula is C19H22N6O. The molecule has 1 aliphatic rings. The van der Waals surface area contributed by atoms with Crippen LogP contribution < -0.4 is 10.6 Å². The second-order valence-corrected chi connectivity index (χ2v) is 6.48. The Labute approximate surface area is 152 Å². The molecule has 7 nitrogen and oxygen atoms in total. The molecule has 134 valence electrons. The van der Waals surface area contributed by atoms with Crippen LogP contribution in [0.2, 0.25) is 0 Å². The van der Waals surface area contributed by atoms with Gasteiger partial charge in [-0.3, -0.25) is 0 Å². The molecule has 0 spiro atoms. The molecule has 7 heteroatoms. The van der Waals surface area contributed by atoms with Gasteiger partial charge in [0, 0.05) is 30.3 Å². The van der Waals surface area contributed by atoms with Crippen LogP contribution in [0.5, 0.6) is 0 Å². The summed E-state index contributed by atoms with van der Waals surface area (Å²) in [7, 11) is 0. The molecule has 1 aliphatic heterocycles. The molecule has 0 aliphatic carbocycles. The summed E-state index contributed by atoms with van der Waals surface area (Å²) in [6, 6.07) is 11.9. The van der Waals surface area contributed by atoms with Crippen molar-refractivity contribution in [3.8, 4) is 11.4 Å².